The summed E-state index contributed by atoms with van der Waals surface area (Å²) in [4.78, 5) is 12.7. The Labute approximate surface area is 161 Å². The number of hydrogen-bond donors (Lipinski definition) is 1. The van der Waals surface area contributed by atoms with Crippen LogP contribution in [0.5, 0.6) is 5.75 Å². The number of ether oxygens (including phenoxy) is 2. The van der Waals surface area contributed by atoms with Crippen LogP contribution in [0.25, 0.3) is 0 Å². The molecule has 1 fully saturated rings. The molecule has 3 rings (SSSR count). The summed E-state index contributed by atoms with van der Waals surface area (Å²) < 4.78 is 11.5. The van der Waals surface area contributed by atoms with Crippen LogP contribution in [-0.2, 0) is 14.9 Å². The van der Waals surface area contributed by atoms with Crippen molar-refractivity contribution in [3.8, 4) is 5.75 Å². The monoisotopic (exact) mass is 367 g/mol. The van der Waals surface area contributed by atoms with Crippen molar-refractivity contribution in [2.45, 2.75) is 45.1 Å². The van der Waals surface area contributed by atoms with E-state index in [9.17, 15) is 4.79 Å². The topological polar surface area (TPSA) is 47.6 Å². The zero-order valence-electron chi connectivity index (χ0n) is 16.5. The average molecular weight is 367 g/mol. The molecule has 1 aliphatic heterocycles. The van der Waals surface area contributed by atoms with E-state index in [4.69, 9.17) is 9.47 Å². The molecule has 1 saturated heterocycles. The van der Waals surface area contributed by atoms with Crippen LogP contribution in [0.3, 0.4) is 0 Å². The summed E-state index contributed by atoms with van der Waals surface area (Å²) in [5, 5.41) is 3.13. The van der Waals surface area contributed by atoms with Crippen molar-refractivity contribution in [1.29, 1.82) is 0 Å². The molecule has 0 radical (unpaired) electrons. The normalized spacial score (nSPS) is 17.1. The molecule has 1 N–H and O–H groups in total. The first-order valence-electron chi connectivity index (χ1n) is 9.66. The minimum Gasteiger partial charge on any atom is -0.481 e. The number of benzene rings is 2. The van der Waals surface area contributed by atoms with E-state index in [-0.39, 0.29) is 11.3 Å². The van der Waals surface area contributed by atoms with Gasteiger partial charge in [0.1, 0.15) is 5.75 Å². The first-order chi connectivity index (χ1) is 13.0. The van der Waals surface area contributed by atoms with E-state index in [2.05, 4.69) is 29.6 Å². The molecular weight excluding hydrogens is 338 g/mol. The van der Waals surface area contributed by atoms with Crippen LogP contribution >= 0.6 is 0 Å². The number of carbonyl (C=O) groups is 1. The minimum absolute atomic E-state index is 0.0753. The Hall–Kier alpha value is -2.33. The van der Waals surface area contributed by atoms with E-state index < -0.39 is 6.10 Å². The molecule has 1 aliphatic rings. The highest BCUT2D eigenvalue weighted by Gasteiger charge is 2.35. The van der Waals surface area contributed by atoms with E-state index in [0.29, 0.717) is 6.54 Å². The molecule has 4 heteroatoms. The van der Waals surface area contributed by atoms with Gasteiger partial charge in [0, 0.05) is 25.2 Å². The molecule has 0 aromatic heterocycles. The number of rotatable bonds is 6. The second-order valence-corrected chi connectivity index (χ2v) is 7.43. The molecule has 1 unspecified atom stereocenters. The van der Waals surface area contributed by atoms with Gasteiger partial charge in [-0.15, -0.1) is 0 Å². The maximum Gasteiger partial charge on any atom is 0.260 e. The van der Waals surface area contributed by atoms with Crippen molar-refractivity contribution >= 4 is 5.91 Å². The van der Waals surface area contributed by atoms with Crippen LogP contribution in [0.15, 0.2) is 48.5 Å². The largest absolute Gasteiger partial charge is 0.481 e. The predicted octanol–water partition coefficient (Wildman–Crippen LogP) is 3.94. The Balaban J connectivity index is 1.66. The molecule has 0 saturated carbocycles. The number of carbonyl (C=O) groups excluding carboxylic acids is 1. The highest BCUT2D eigenvalue weighted by molar-refractivity contribution is 5.80. The first-order valence-corrected chi connectivity index (χ1v) is 9.66. The maximum atomic E-state index is 12.7. The first kappa shape index (κ1) is 19.4. The van der Waals surface area contributed by atoms with Crippen molar-refractivity contribution in [3.63, 3.8) is 0 Å². The van der Waals surface area contributed by atoms with Gasteiger partial charge in [-0.1, -0.05) is 42.5 Å². The third-order valence-electron chi connectivity index (χ3n) is 5.66. The molecule has 27 heavy (non-hydrogen) atoms. The van der Waals surface area contributed by atoms with Gasteiger partial charge >= 0.3 is 0 Å². The second kappa shape index (κ2) is 8.57. The van der Waals surface area contributed by atoms with E-state index in [1.807, 2.05) is 38.1 Å². The molecule has 4 nitrogen and oxygen atoms in total. The number of nitrogens with one attached hydrogen (secondary N) is 1. The highest BCUT2D eigenvalue weighted by atomic mass is 16.5. The average Bonchev–Trinajstić information content (AvgIpc) is 2.71. The van der Waals surface area contributed by atoms with Crippen LogP contribution in [0, 0.1) is 13.8 Å². The van der Waals surface area contributed by atoms with Crippen molar-refractivity contribution in [3.05, 3.63) is 65.2 Å². The van der Waals surface area contributed by atoms with Gasteiger partial charge in [0.05, 0.1) is 0 Å². The Morgan fingerprint density at radius 3 is 2.52 bits per heavy atom. The van der Waals surface area contributed by atoms with Gasteiger partial charge in [0.25, 0.3) is 5.91 Å². The van der Waals surface area contributed by atoms with Gasteiger partial charge in [-0.25, -0.2) is 0 Å². The van der Waals surface area contributed by atoms with Crippen LogP contribution in [-0.4, -0.2) is 31.8 Å². The lowest BCUT2D eigenvalue weighted by Crippen LogP contribution is -2.47. The number of aryl methyl sites for hydroxylation is 1. The SMILES string of the molecule is Cc1cccc(OC(C)C(=O)NCC2(c3ccccc3)CCOCC2)c1C. The molecular formula is C23H29NO3. The molecule has 144 valence electrons. The Morgan fingerprint density at radius 1 is 1.11 bits per heavy atom. The molecule has 1 amide bonds. The van der Waals surface area contributed by atoms with Crippen molar-refractivity contribution in [2.75, 3.05) is 19.8 Å². The van der Waals surface area contributed by atoms with E-state index in [0.717, 1.165) is 42.9 Å². The maximum absolute atomic E-state index is 12.7. The van der Waals surface area contributed by atoms with E-state index in [1.165, 1.54) is 5.56 Å². The smallest absolute Gasteiger partial charge is 0.260 e. The van der Waals surface area contributed by atoms with Gasteiger partial charge in [-0.2, -0.15) is 0 Å². The summed E-state index contributed by atoms with van der Waals surface area (Å²) in [6.07, 6.45) is 1.27. The van der Waals surface area contributed by atoms with Crippen LogP contribution < -0.4 is 10.1 Å². The second-order valence-electron chi connectivity index (χ2n) is 7.43. The Morgan fingerprint density at radius 2 is 1.81 bits per heavy atom. The standard InChI is InChI=1S/C23H29NO3/c1-17-8-7-11-21(18(17)2)27-19(3)22(25)24-16-23(12-14-26-15-13-23)20-9-5-4-6-10-20/h4-11,19H,12-16H2,1-3H3,(H,24,25). The summed E-state index contributed by atoms with van der Waals surface area (Å²) in [5.74, 6) is 0.680. The van der Waals surface area contributed by atoms with Crippen LogP contribution in [0.1, 0.15) is 36.5 Å². The quantitative estimate of drug-likeness (QED) is 0.841. The molecule has 2 aromatic carbocycles. The molecule has 1 atom stereocenters. The zero-order valence-corrected chi connectivity index (χ0v) is 16.5. The van der Waals surface area contributed by atoms with Gasteiger partial charge < -0.3 is 14.8 Å². The molecule has 0 bridgehead atoms. The van der Waals surface area contributed by atoms with E-state index >= 15 is 0 Å². The van der Waals surface area contributed by atoms with Gasteiger partial charge in [0.15, 0.2) is 6.10 Å². The Kier molecular flexibility index (Phi) is 6.17. The summed E-state index contributed by atoms with van der Waals surface area (Å²) in [5.41, 5.74) is 3.41. The summed E-state index contributed by atoms with van der Waals surface area (Å²) in [7, 11) is 0. The van der Waals surface area contributed by atoms with Crippen molar-refractivity contribution in [1.82, 2.24) is 5.32 Å². The number of hydrogen-bond acceptors (Lipinski definition) is 3. The third-order valence-corrected chi connectivity index (χ3v) is 5.66. The summed E-state index contributed by atoms with van der Waals surface area (Å²) in [6, 6.07) is 16.3. The van der Waals surface area contributed by atoms with Crippen LogP contribution in [0.2, 0.25) is 0 Å². The van der Waals surface area contributed by atoms with Crippen molar-refractivity contribution in [2.24, 2.45) is 0 Å². The molecule has 1 heterocycles. The molecule has 0 aliphatic carbocycles. The Bertz CT molecular complexity index is 766. The fraction of sp³-hybridized carbons (Fsp3) is 0.435. The lowest BCUT2D eigenvalue weighted by molar-refractivity contribution is -0.127. The number of amides is 1. The van der Waals surface area contributed by atoms with Crippen molar-refractivity contribution < 1.29 is 14.3 Å². The fourth-order valence-corrected chi connectivity index (χ4v) is 3.62. The lowest BCUT2D eigenvalue weighted by Gasteiger charge is -2.38. The molecule has 0 spiro atoms. The lowest BCUT2D eigenvalue weighted by atomic mass is 9.74. The highest BCUT2D eigenvalue weighted by Crippen LogP contribution is 2.34. The zero-order chi connectivity index (χ0) is 19.3. The van der Waals surface area contributed by atoms with Gasteiger partial charge in [0.2, 0.25) is 0 Å². The van der Waals surface area contributed by atoms with E-state index in [1.54, 1.807) is 6.92 Å². The van der Waals surface area contributed by atoms with Crippen LogP contribution in [0.4, 0.5) is 0 Å². The minimum atomic E-state index is -0.543. The third kappa shape index (κ3) is 4.51. The van der Waals surface area contributed by atoms with Gasteiger partial charge in [-0.3, -0.25) is 4.79 Å². The summed E-state index contributed by atoms with van der Waals surface area (Å²) in [6.45, 7) is 7.90. The van der Waals surface area contributed by atoms with Gasteiger partial charge in [-0.05, 0) is 56.4 Å². The summed E-state index contributed by atoms with van der Waals surface area (Å²) >= 11 is 0. The molecule has 2 aromatic rings. The predicted molar refractivity (Wildman–Crippen MR) is 107 cm³/mol. The fourth-order valence-electron chi connectivity index (χ4n) is 3.62.